The van der Waals surface area contributed by atoms with E-state index in [1.807, 2.05) is 4.72 Å². The van der Waals surface area contributed by atoms with Crippen molar-refractivity contribution >= 4 is 33.6 Å². The molecule has 0 fully saturated rings. The van der Waals surface area contributed by atoms with E-state index in [0.29, 0.717) is 22.1 Å². The zero-order valence-corrected chi connectivity index (χ0v) is 20.9. The molecule has 0 aliphatic carbocycles. The van der Waals surface area contributed by atoms with Crippen LogP contribution in [0.2, 0.25) is 5.02 Å². The van der Waals surface area contributed by atoms with Gasteiger partial charge in [-0.1, -0.05) is 11.6 Å². The predicted octanol–water partition coefficient (Wildman–Crippen LogP) is 2.49. The van der Waals surface area contributed by atoms with Gasteiger partial charge in [-0.05, 0) is 43.7 Å². The van der Waals surface area contributed by atoms with Crippen LogP contribution in [0.4, 0.5) is 4.79 Å². The predicted molar refractivity (Wildman–Crippen MR) is 125 cm³/mol. The summed E-state index contributed by atoms with van der Waals surface area (Å²) >= 11 is 6.06. The van der Waals surface area contributed by atoms with Gasteiger partial charge in [-0.3, -0.25) is 4.79 Å². The molecule has 0 radical (unpaired) electrons. The molecule has 0 bridgehead atoms. The van der Waals surface area contributed by atoms with Crippen LogP contribution in [-0.2, 0) is 16.4 Å². The highest BCUT2D eigenvalue weighted by atomic mass is 35.5. The SMILES string of the molecule is CNC(=O)NS(=O)(=O)c1cc2c(cc1OC)OC(C)(C)C(NC(=O)c1cc(Cl)ccc1OC)C2. The lowest BCUT2D eigenvalue weighted by molar-refractivity contribution is 0.0435. The maximum atomic E-state index is 13.0. The Bertz CT molecular complexity index is 1230. The lowest BCUT2D eigenvalue weighted by atomic mass is 9.88. The van der Waals surface area contributed by atoms with Crippen molar-refractivity contribution in [1.29, 1.82) is 0 Å². The van der Waals surface area contributed by atoms with Crippen LogP contribution in [0.3, 0.4) is 0 Å². The van der Waals surface area contributed by atoms with Crippen molar-refractivity contribution in [3.63, 3.8) is 0 Å². The fourth-order valence-electron chi connectivity index (χ4n) is 3.57. The summed E-state index contributed by atoms with van der Waals surface area (Å²) in [7, 11) is -0.170. The quantitative estimate of drug-likeness (QED) is 0.542. The Hall–Kier alpha value is -3.18. The van der Waals surface area contributed by atoms with Gasteiger partial charge >= 0.3 is 6.03 Å². The second-order valence-corrected chi connectivity index (χ2v) is 10.2. The summed E-state index contributed by atoms with van der Waals surface area (Å²) in [6.45, 7) is 3.61. The molecule has 1 aliphatic heterocycles. The van der Waals surface area contributed by atoms with Gasteiger partial charge in [0.05, 0.1) is 25.8 Å². The number of amides is 3. The van der Waals surface area contributed by atoms with E-state index >= 15 is 0 Å². The van der Waals surface area contributed by atoms with Gasteiger partial charge in [0.25, 0.3) is 15.9 Å². The summed E-state index contributed by atoms with van der Waals surface area (Å²) in [5.41, 5.74) is -0.0784. The molecular formula is C22H26ClN3O7S. The minimum Gasteiger partial charge on any atom is -0.496 e. The largest absolute Gasteiger partial charge is 0.496 e. The number of sulfonamides is 1. The van der Waals surface area contributed by atoms with Crippen LogP contribution in [0.15, 0.2) is 35.2 Å². The minimum atomic E-state index is -4.24. The fraction of sp³-hybridized carbons (Fsp3) is 0.364. The zero-order chi connectivity index (χ0) is 25.3. The maximum absolute atomic E-state index is 13.0. The monoisotopic (exact) mass is 511 g/mol. The molecule has 1 heterocycles. The number of hydrogen-bond donors (Lipinski definition) is 3. The van der Waals surface area contributed by atoms with Gasteiger partial charge in [-0.25, -0.2) is 17.9 Å². The molecule has 0 spiro atoms. The Morgan fingerprint density at radius 2 is 1.79 bits per heavy atom. The van der Waals surface area contributed by atoms with Crippen molar-refractivity contribution < 1.29 is 32.2 Å². The number of methoxy groups -OCH3 is 2. The zero-order valence-electron chi connectivity index (χ0n) is 19.3. The van der Waals surface area contributed by atoms with E-state index in [-0.39, 0.29) is 22.6 Å². The molecule has 1 unspecified atom stereocenters. The smallest absolute Gasteiger partial charge is 0.328 e. The van der Waals surface area contributed by atoms with Gasteiger partial charge in [0, 0.05) is 24.6 Å². The maximum Gasteiger partial charge on any atom is 0.328 e. The van der Waals surface area contributed by atoms with E-state index in [2.05, 4.69) is 10.6 Å². The van der Waals surface area contributed by atoms with Crippen LogP contribution in [0, 0.1) is 0 Å². The summed E-state index contributed by atoms with van der Waals surface area (Å²) in [4.78, 5) is 24.4. The van der Waals surface area contributed by atoms with Crippen LogP contribution in [0.1, 0.15) is 29.8 Å². The van der Waals surface area contributed by atoms with Crippen molar-refractivity contribution in [2.45, 2.75) is 36.8 Å². The van der Waals surface area contributed by atoms with Crippen LogP contribution in [0.5, 0.6) is 17.2 Å². The van der Waals surface area contributed by atoms with E-state index in [1.54, 1.807) is 26.0 Å². The highest BCUT2D eigenvalue weighted by molar-refractivity contribution is 7.90. The number of nitrogens with one attached hydrogen (secondary N) is 3. The summed E-state index contributed by atoms with van der Waals surface area (Å²) in [6, 6.07) is 6.10. The van der Waals surface area contributed by atoms with Crippen molar-refractivity contribution in [3.8, 4) is 17.2 Å². The molecule has 3 amide bonds. The molecule has 2 aromatic carbocycles. The normalized spacial score (nSPS) is 16.5. The van der Waals surface area contributed by atoms with E-state index in [1.165, 1.54) is 39.5 Å². The number of carbonyl (C=O) groups is 2. The number of carbonyl (C=O) groups excluding carboxylic acids is 2. The average Bonchev–Trinajstić information content (AvgIpc) is 2.77. The van der Waals surface area contributed by atoms with Gasteiger partial charge < -0.3 is 24.8 Å². The van der Waals surface area contributed by atoms with Crippen molar-refractivity contribution in [1.82, 2.24) is 15.4 Å². The summed E-state index contributed by atoms with van der Waals surface area (Å²) in [5, 5.41) is 5.51. The molecule has 3 N–H and O–H groups in total. The molecule has 0 saturated heterocycles. The van der Waals surface area contributed by atoms with Gasteiger partial charge in [0.2, 0.25) is 0 Å². The molecule has 0 aromatic heterocycles. The van der Waals surface area contributed by atoms with E-state index in [0.717, 1.165) is 0 Å². The Labute approximate surface area is 203 Å². The Morgan fingerprint density at radius 1 is 1.12 bits per heavy atom. The second-order valence-electron chi connectivity index (χ2n) is 8.08. The highest BCUT2D eigenvalue weighted by Crippen LogP contribution is 2.39. The third-order valence-corrected chi connectivity index (χ3v) is 7.03. The molecule has 2 aromatic rings. The van der Waals surface area contributed by atoms with Crippen LogP contribution in [-0.4, -0.2) is 53.3 Å². The molecule has 1 aliphatic rings. The second kappa shape index (κ2) is 9.59. The lowest BCUT2D eigenvalue weighted by Crippen LogP contribution is -2.55. The van der Waals surface area contributed by atoms with Crippen molar-refractivity contribution in [2.75, 3.05) is 21.3 Å². The number of ether oxygens (including phenoxy) is 3. The molecule has 3 rings (SSSR count). The summed E-state index contributed by atoms with van der Waals surface area (Å²) in [6.07, 6.45) is 0.253. The molecule has 1 atom stereocenters. The fourth-order valence-corrected chi connectivity index (χ4v) is 4.91. The molecule has 10 nitrogen and oxygen atoms in total. The first-order valence-electron chi connectivity index (χ1n) is 10.2. The number of rotatable bonds is 6. The first-order valence-corrected chi connectivity index (χ1v) is 12.1. The van der Waals surface area contributed by atoms with E-state index < -0.39 is 33.6 Å². The number of benzene rings is 2. The third kappa shape index (κ3) is 5.15. The average molecular weight is 512 g/mol. The third-order valence-electron chi connectivity index (χ3n) is 5.44. The number of hydrogen-bond acceptors (Lipinski definition) is 7. The van der Waals surface area contributed by atoms with Crippen molar-refractivity contribution in [2.24, 2.45) is 0 Å². The van der Waals surface area contributed by atoms with Crippen LogP contribution >= 0.6 is 11.6 Å². The topological polar surface area (TPSA) is 132 Å². The summed E-state index contributed by atoms with van der Waals surface area (Å²) < 4.78 is 44.0. The van der Waals surface area contributed by atoms with Crippen molar-refractivity contribution in [3.05, 3.63) is 46.5 Å². The van der Waals surface area contributed by atoms with Gasteiger partial charge in [-0.15, -0.1) is 0 Å². The first kappa shape index (κ1) is 25.4. The van der Waals surface area contributed by atoms with Crippen LogP contribution < -0.4 is 29.6 Å². The Kier molecular flexibility index (Phi) is 7.18. The Morgan fingerprint density at radius 3 is 2.41 bits per heavy atom. The number of urea groups is 1. The molecule has 184 valence electrons. The Balaban J connectivity index is 1.96. The highest BCUT2D eigenvalue weighted by Gasteiger charge is 2.40. The molecular weight excluding hydrogens is 486 g/mol. The number of halogens is 1. The summed E-state index contributed by atoms with van der Waals surface area (Å²) in [5.74, 6) is 0.353. The standard InChI is InChI=1S/C22H26ClN3O7S/c1-22(2)19(25-20(27)14-10-13(23)6-7-15(14)31-4)9-12-8-18(17(32-5)11-16(12)33-22)34(29,30)26-21(28)24-3/h6-8,10-11,19H,9H2,1-5H3,(H,25,27)(H2,24,26,28). The van der Waals surface area contributed by atoms with E-state index in [4.69, 9.17) is 25.8 Å². The molecule has 0 saturated carbocycles. The van der Waals surface area contributed by atoms with Gasteiger partial charge in [0.1, 0.15) is 27.7 Å². The van der Waals surface area contributed by atoms with E-state index in [9.17, 15) is 18.0 Å². The molecule has 12 heteroatoms. The number of fused-ring (bicyclic) bond motifs is 1. The van der Waals surface area contributed by atoms with Gasteiger partial charge in [0.15, 0.2) is 0 Å². The van der Waals surface area contributed by atoms with Crippen LogP contribution in [0.25, 0.3) is 0 Å². The lowest BCUT2D eigenvalue weighted by Gasteiger charge is -2.40. The van der Waals surface area contributed by atoms with Gasteiger partial charge in [-0.2, -0.15) is 0 Å². The first-order chi connectivity index (χ1) is 15.9. The molecule has 34 heavy (non-hydrogen) atoms. The minimum absolute atomic E-state index is 0.0112.